The predicted octanol–water partition coefficient (Wildman–Crippen LogP) is 5.87. The van der Waals surface area contributed by atoms with Crippen molar-refractivity contribution in [3.8, 4) is 11.5 Å². The Labute approximate surface area is 215 Å². The van der Waals surface area contributed by atoms with Gasteiger partial charge in [0.1, 0.15) is 18.0 Å². The maximum absolute atomic E-state index is 13.3. The van der Waals surface area contributed by atoms with Gasteiger partial charge in [-0.2, -0.15) is 5.01 Å². The lowest BCUT2D eigenvalue weighted by Gasteiger charge is -2.12. The summed E-state index contributed by atoms with van der Waals surface area (Å²) in [7, 11) is 1.52. The number of esters is 1. The van der Waals surface area contributed by atoms with Gasteiger partial charge in [-0.25, -0.2) is 4.39 Å². The van der Waals surface area contributed by atoms with E-state index in [2.05, 4.69) is 21.0 Å². The van der Waals surface area contributed by atoms with Crippen LogP contribution in [0.15, 0.2) is 81.9 Å². The van der Waals surface area contributed by atoms with E-state index in [0.717, 1.165) is 10.0 Å². The van der Waals surface area contributed by atoms with Gasteiger partial charge < -0.3 is 14.2 Å². The summed E-state index contributed by atoms with van der Waals surface area (Å²) in [5, 5.41) is 5.45. The smallest absolute Gasteiger partial charge is 0.312 e. The molecule has 3 aromatic rings. The van der Waals surface area contributed by atoms with Crippen LogP contribution in [0.4, 0.5) is 10.1 Å². The van der Waals surface area contributed by atoms with Crippen molar-refractivity contribution in [2.75, 3.05) is 12.1 Å². The van der Waals surface area contributed by atoms with Gasteiger partial charge in [0.15, 0.2) is 11.5 Å². The number of carbonyl (C=O) groups excluding carboxylic acids is 2. The largest absolute Gasteiger partial charge is 0.493 e. The molecule has 0 aliphatic carbocycles. The van der Waals surface area contributed by atoms with E-state index in [1.165, 1.54) is 24.3 Å². The predicted molar refractivity (Wildman–Crippen MR) is 137 cm³/mol. The van der Waals surface area contributed by atoms with Gasteiger partial charge in [0.2, 0.25) is 0 Å². The number of benzene rings is 3. The van der Waals surface area contributed by atoms with Crippen LogP contribution in [0.5, 0.6) is 11.5 Å². The topological polar surface area (TPSA) is 77.4 Å². The third-order valence-corrected chi connectivity index (χ3v) is 5.70. The number of amides is 1. The molecule has 0 unspecified atom stereocenters. The molecule has 0 atom stereocenters. The molecule has 0 fully saturated rings. The van der Waals surface area contributed by atoms with Crippen LogP contribution in [0.25, 0.3) is 6.08 Å². The molecule has 9 heteroatoms. The molecule has 0 saturated carbocycles. The lowest BCUT2D eigenvalue weighted by molar-refractivity contribution is -0.135. The second-order valence-electron chi connectivity index (χ2n) is 7.71. The molecular formula is C27H22BrFN2O5. The highest BCUT2D eigenvalue weighted by molar-refractivity contribution is 9.10. The van der Waals surface area contributed by atoms with Crippen LogP contribution in [0.3, 0.4) is 0 Å². The van der Waals surface area contributed by atoms with E-state index in [4.69, 9.17) is 14.2 Å². The molecule has 184 valence electrons. The molecule has 0 N–H and O–H groups in total. The molecule has 1 aliphatic heterocycles. The second-order valence-corrected chi connectivity index (χ2v) is 8.63. The van der Waals surface area contributed by atoms with E-state index < -0.39 is 11.9 Å². The summed E-state index contributed by atoms with van der Waals surface area (Å²) in [4.78, 5) is 25.3. The SMILES string of the molecule is CCC(=O)OC1=NN(c2cccc(Br)c2)C(=O)/C1=C\c1ccc(OC)c(OCc2ccc(F)cc2)c1. The van der Waals surface area contributed by atoms with E-state index >= 15 is 0 Å². The summed E-state index contributed by atoms with van der Waals surface area (Å²) < 4.78 is 30.6. The number of anilines is 1. The van der Waals surface area contributed by atoms with E-state index in [-0.39, 0.29) is 30.3 Å². The first kappa shape index (κ1) is 25.1. The van der Waals surface area contributed by atoms with Gasteiger partial charge in [0, 0.05) is 10.9 Å². The van der Waals surface area contributed by atoms with Crippen LogP contribution in [0, 0.1) is 5.82 Å². The first-order chi connectivity index (χ1) is 17.4. The Bertz CT molecular complexity index is 1350. The van der Waals surface area contributed by atoms with Gasteiger partial charge in [0.05, 0.1) is 12.8 Å². The third kappa shape index (κ3) is 5.80. The number of methoxy groups -OCH3 is 1. The van der Waals surface area contributed by atoms with Crippen molar-refractivity contribution in [1.29, 1.82) is 0 Å². The van der Waals surface area contributed by atoms with Crippen molar-refractivity contribution in [1.82, 2.24) is 0 Å². The maximum Gasteiger partial charge on any atom is 0.312 e. The van der Waals surface area contributed by atoms with Crippen LogP contribution in [-0.2, 0) is 20.9 Å². The normalized spacial score (nSPS) is 14.1. The van der Waals surface area contributed by atoms with Crippen molar-refractivity contribution >= 4 is 45.5 Å². The Morgan fingerprint density at radius 3 is 2.56 bits per heavy atom. The van der Waals surface area contributed by atoms with Crippen molar-refractivity contribution in [3.05, 3.63) is 93.7 Å². The van der Waals surface area contributed by atoms with Crippen molar-refractivity contribution in [3.63, 3.8) is 0 Å². The van der Waals surface area contributed by atoms with E-state index in [1.807, 2.05) is 6.07 Å². The highest BCUT2D eigenvalue weighted by atomic mass is 79.9. The minimum atomic E-state index is -0.512. The first-order valence-corrected chi connectivity index (χ1v) is 11.8. The Morgan fingerprint density at radius 1 is 1.08 bits per heavy atom. The minimum Gasteiger partial charge on any atom is -0.493 e. The number of ether oxygens (including phenoxy) is 3. The van der Waals surface area contributed by atoms with Crippen molar-refractivity contribution in [2.24, 2.45) is 5.10 Å². The molecule has 0 aromatic heterocycles. The molecule has 0 bridgehead atoms. The summed E-state index contributed by atoms with van der Waals surface area (Å²) >= 11 is 3.39. The summed E-state index contributed by atoms with van der Waals surface area (Å²) in [6.45, 7) is 1.84. The lowest BCUT2D eigenvalue weighted by atomic mass is 10.1. The molecule has 1 amide bonds. The highest BCUT2D eigenvalue weighted by Crippen LogP contribution is 2.32. The van der Waals surface area contributed by atoms with Crippen molar-refractivity contribution in [2.45, 2.75) is 20.0 Å². The summed E-state index contributed by atoms with van der Waals surface area (Å²) in [6, 6.07) is 18.2. The molecule has 36 heavy (non-hydrogen) atoms. The molecule has 0 spiro atoms. The highest BCUT2D eigenvalue weighted by Gasteiger charge is 2.34. The zero-order valence-corrected chi connectivity index (χ0v) is 21.1. The fourth-order valence-electron chi connectivity index (χ4n) is 3.36. The third-order valence-electron chi connectivity index (χ3n) is 5.20. The lowest BCUT2D eigenvalue weighted by Crippen LogP contribution is -2.21. The van der Waals surface area contributed by atoms with E-state index in [1.54, 1.807) is 61.5 Å². The van der Waals surface area contributed by atoms with Gasteiger partial charge in [0.25, 0.3) is 11.8 Å². The molecule has 1 heterocycles. The molecule has 0 saturated heterocycles. The number of nitrogens with zero attached hydrogens (tertiary/aromatic N) is 2. The second kappa shape index (κ2) is 11.2. The van der Waals surface area contributed by atoms with Crippen LogP contribution < -0.4 is 14.5 Å². The summed E-state index contributed by atoms with van der Waals surface area (Å²) in [5.74, 6) is -0.465. The van der Waals surface area contributed by atoms with Crippen LogP contribution in [0.1, 0.15) is 24.5 Å². The van der Waals surface area contributed by atoms with E-state index in [9.17, 15) is 14.0 Å². The van der Waals surface area contributed by atoms with Crippen LogP contribution >= 0.6 is 15.9 Å². The number of rotatable bonds is 7. The standard InChI is InChI=1S/C27H22BrFN2O5/c1-3-25(32)36-26-22(27(33)31(30-26)21-6-4-5-19(28)15-21)13-18-9-12-23(34-2)24(14-18)35-16-17-7-10-20(29)11-8-17/h4-15H,3,16H2,1-2H3/b22-13-. The van der Waals surface area contributed by atoms with Gasteiger partial charge in [-0.1, -0.05) is 47.1 Å². The molecular weight excluding hydrogens is 531 g/mol. The molecule has 7 nitrogen and oxygen atoms in total. The van der Waals surface area contributed by atoms with Gasteiger partial charge in [-0.15, -0.1) is 5.10 Å². The molecule has 1 aliphatic rings. The summed E-state index contributed by atoms with van der Waals surface area (Å²) in [5.41, 5.74) is 2.01. The maximum atomic E-state index is 13.3. The number of hydrogen-bond acceptors (Lipinski definition) is 6. The fourth-order valence-corrected chi connectivity index (χ4v) is 3.75. The average Bonchev–Trinajstić information content (AvgIpc) is 3.18. The van der Waals surface area contributed by atoms with Gasteiger partial charge in [-0.05, 0) is 59.7 Å². The van der Waals surface area contributed by atoms with Crippen molar-refractivity contribution < 1.29 is 28.2 Å². The summed E-state index contributed by atoms with van der Waals surface area (Å²) in [6.07, 6.45) is 1.70. The number of carbonyl (C=O) groups is 2. The average molecular weight is 553 g/mol. The van der Waals surface area contributed by atoms with Gasteiger partial charge in [-0.3, -0.25) is 9.59 Å². The zero-order chi connectivity index (χ0) is 25.7. The van der Waals surface area contributed by atoms with Crippen LogP contribution in [0.2, 0.25) is 0 Å². The number of halogens is 2. The van der Waals surface area contributed by atoms with Crippen LogP contribution in [-0.4, -0.2) is 24.9 Å². The minimum absolute atomic E-state index is 0.0866. The molecule has 0 radical (unpaired) electrons. The molecule has 3 aromatic carbocycles. The Hall–Kier alpha value is -3.98. The Kier molecular flexibility index (Phi) is 7.80. The van der Waals surface area contributed by atoms with Gasteiger partial charge >= 0.3 is 5.97 Å². The monoisotopic (exact) mass is 552 g/mol. The fraction of sp³-hybridized carbons (Fsp3) is 0.148. The Morgan fingerprint density at radius 2 is 1.86 bits per heavy atom. The quantitative estimate of drug-likeness (QED) is 0.270. The molecule has 4 rings (SSSR count). The zero-order valence-electron chi connectivity index (χ0n) is 19.5. The first-order valence-electron chi connectivity index (χ1n) is 11.0. The van der Waals surface area contributed by atoms with E-state index in [0.29, 0.717) is 22.7 Å². The number of hydrogen-bond donors (Lipinski definition) is 0. The number of hydrazone groups is 1. The Balaban J connectivity index is 1.65.